The maximum Gasteiger partial charge on any atom is 0.273 e. The molecule has 0 radical (unpaired) electrons. The van der Waals surface area contributed by atoms with Crippen LogP contribution in [0.3, 0.4) is 0 Å². The fraction of sp³-hybridized carbons (Fsp3) is 0.355. The molecule has 3 rings (SSSR count). The molecule has 0 spiro atoms. The summed E-state index contributed by atoms with van der Waals surface area (Å²) < 4.78 is 39.5. The number of nitrogens with one attached hydrogen (secondary N) is 1. The van der Waals surface area contributed by atoms with E-state index in [9.17, 15) is 28.1 Å². The first kappa shape index (κ1) is 33.8. The molecule has 0 unspecified atom stereocenters. The Morgan fingerprint density at radius 3 is 2.23 bits per heavy atom. The SMILES string of the molecule is CC[C@H](C)NC(=O)[C@@H](C)N(Cc1cccc(OC)c1)C(=O)CN(c1ccc(OC)cc1)S(=O)(=O)c1ccc(C)c([N+](=O)[O-])c1. The van der Waals surface area contributed by atoms with E-state index < -0.39 is 39.3 Å². The minimum Gasteiger partial charge on any atom is -0.497 e. The highest BCUT2D eigenvalue weighted by Gasteiger charge is 2.33. The van der Waals surface area contributed by atoms with Crippen LogP contribution in [0.25, 0.3) is 0 Å². The van der Waals surface area contributed by atoms with E-state index in [-0.39, 0.29) is 34.4 Å². The number of nitrogens with zero attached hydrogens (tertiary/aromatic N) is 3. The first-order valence-corrected chi connectivity index (χ1v) is 15.4. The number of anilines is 1. The van der Waals surface area contributed by atoms with Gasteiger partial charge in [-0.05, 0) is 75.2 Å². The van der Waals surface area contributed by atoms with Crippen molar-refractivity contribution in [1.82, 2.24) is 10.2 Å². The standard InChI is InChI=1S/C31H38N4O8S/c1-7-22(3)32-31(37)23(4)33(19-24-9-8-10-27(17-24)43-6)30(36)20-34(25-12-14-26(42-5)15-13-25)44(40,41)28-16-11-21(2)29(18-28)35(38)39/h8-18,22-23H,7,19-20H2,1-6H3,(H,32,37)/t22-,23+/m0/s1. The molecule has 0 heterocycles. The summed E-state index contributed by atoms with van der Waals surface area (Å²) in [6, 6.07) is 15.5. The second kappa shape index (κ2) is 14.7. The van der Waals surface area contributed by atoms with E-state index in [0.29, 0.717) is 23.5 Å². The summed E-state index contributed by atoms with van der Waals surface area (Å²) in [7, 11) is -1.54. The van der Waals surface area contributed by atoms with Crippen LogP contribution in [0.4, 0.5) is 11.4 Å². The van der Waals surface area contributed by atoms with Gasteiger partial charge in [-0.2, -0.15) is 0 Å². The minimum absolute atomic E-state index is 0.0162. The fourth-order valence-corrected chi connectivity index (χ4v) is 5.80. The van der Waals surface area contributed by atoms with Gasteiger partial charge in [0.2, 0.25) is 11.8 Å². The molecule has 0 aromatic heterocycles. The largest absolute Gasteiger partial charge is 0.497 e. The molecular formula is C31H38N4O8S. The van der Waals surface area contributed by atoms with E-state index in [2.05, 4.69) is 5.32 Å². The van der Waals surface area contributed by atoms with E-state index in [0.717, 1.165) is 10.4 Å². The van der Waals surface area contributed by atoms with Gasteiger partial charge >= 0.3 is 0 Å². The monoisotopic (exact) mass is 626 g/mol. The third kappa shape index (κ3) is 8.04. The zero-order valence-electron chi connectivity index (χ0n) is 25.6. The van der Waals surface area contributed by atoms with Crippen molar-refractivity contribution < 1.29 is 32.4 Å². The van der Waals surface area contributed by atoms with Crippen molar-refractivity contribution in [1.29, 1.82) is 0 Å². The number of sulfonamides is 1. The van der Waals surface area contributed by atoms with E-state index in [1.54, 1.807) is 31.2 Å². The Labute approximate surface area is 257 Å². The number of nitro groups is 1. The second-order valence-electron chi connectivity index (χ2n) is 10.3. The number of carbonyl (C=O) groups excluding carboxylic acids is 2. The molecule has 12 nitrogen and oxygen atoms in total. The lowest BCUT2D eigenvalue weighted by Crippen LogP contribution is -2.52. The van der Waals surface area contributed by atoms with Crippen LogP contribution in [0.1, 0.15) is 38.3 Å². The lowest BCUT2D eigenvalue weighted by Gasteiger charge is -2.32. The highest BCUT2D eigenvalue weighted by Crippen LogP contribution is 2.29. The summed E-state index contributed by atoms with van der Waals surface area (Å²) >= 11 is 0. The average Bonchev–Trinajstić information content (AvgIpc) is 3.01. The predicted molar refractivity (Wildman–Crippen MR) is 166 cm³/mol. The summed E-state index contributed by atoms with van der Waals surface area (Å²) in [5.41, 5.74) is 0.697. The zero-order chi connectivity index (χ0) is 32.6. The smallest absolute Gasteiger partial charge is 0.273 e. The van der Waals surface area contributed by atoms with Crippen LogP contribution in [-0.4, -0.2) is 62.9 Å². The number of carbonyl (C=O) groups is 2. The normalized spacial score (nSPS) is 12.5. The molecule has 0 bridgehead atoms. The maximum atomic E-state index is 14.1. The van der Waals surface area contributed by atoms with Gasteiger partial charge in [-0.25, -0.2) is 8.42 Å². The number of hydrogen-bond acceptors (Lipinski definition) is 8. The van der Waals surface area contributed by atoms with E-state index in [1.807, 2.05) is 13.8 Å². The number of methoxy groups -OCH3 is 2. The van der Waals surface area contributed by atoms with Crippen molar-refractivity contribution in [3.63, 3.8) is 0 Å². The molecule has 2 amide bonds. The van der Waals surface area contributed by atoms with Gasteiger partial charge < -0.3 is 19.7 Å². The number of rotatable bonds is 14. The Morgan fingerprint density at radius 2 is 1.64 bits per heavy atom. The quantitative estimate of drug-likeness (QED) is 0.204. The predicted octanol–water partition coefficient (Wildman–Crippen LogP) is 4.45. The first-order valence-electron chi connectivity index (χ1n) is 14.0. The number of ether oxygens (including phenoxy) is 2. The number of amides is 2. The van der Waals surface area contributed by atoms with Crippen molar-refractivity contribution in [2.45, 2.75) is 57.6 Å². The Bertz CT molecular complexity index is 1590. The number of nitro benzene ring substituents is 1. The fourth-order valence-electron chi connectivity index (χ4n) is 4.37. The Balaban J connectivity index is 2.10. The summed E-state index contributed by atoms with van der Waals surface area (Å²) in [6.07, 6.45) is 0.675. The molecule has 1 N–H and O–H groups in total. The molecule has 3 aromatic carbocycles. The van der Waals surface area contributed by atoms with Crippen molar-refractivity contribution in [2.75, 3.05) is 25.1 Å². The lowest BCUT2D eigenvalue weighted by molar-refractivity contribution is -0.385. The second-order valence-corrected chi connectivity index (χ2v) is 12.1. The van der Waals surface area contributed by atoms with Gasteiger partial charge in [0.15, 0.2) is 0 Å². The average molecular weight is 627 g/mol. The molecule has 236 valence electrons. The van der Waals surface area contributed by atoms with Crippen molar-refractivity contribution in [2.24, 2.45) is 0 Å². The number of aryl methyl sites for hydroxylation is 1. The van der Waals surface area contributed by atoms with Crippen LogP contribution in [0.2, 0.25) is 0 Å². The van der Waals surface area contributed by atoms with E-state index in [4.69, 9.17) is 9.47 Å². The zero-order valence-corrected chi connectivity index (χ0v) is 26.5. The number of hydrogen-bond donors (Lipinski definition) is 1. The van der Waals surface area contributed by atoms with Crippen molar-refractivity contribution in [3.05, 3.63) is 88.0 Å². The van der Waals surface area contributed by atoms with Crippen LogP contribution >= 0.6 is 0 Å². The van der Waals surface area contributed by atoms with Crippen molar-refractivity contribution >= 4 is 33.2 Å². The van der Waals surface area contributed by atoms with Gasteiger partial charge in [-0.1, -0.05) is 25.1 Å². The minimum atomic E-state index is -4.51. The van der Waals surface area contributed by atoms with Gasteiger partial charge in [0.05, 0.1) is 29.7 Å². The summed E-state index contributed by atoms with van der Waals surface area (Å²) in [4.78, 5) is 39.2. The maximum absolute atomic E-state index is 14.1. The molecule has 0 saturated heterocycles. The summed E-state index contributed by atoms with van der Waals surface area (Å²) in [5, 5.41) is 14.5. The third-order valence-electron chi connectivity index (χ3n) is 7.26. The van der Waals surface area contributed by atoms with Crippen LogP contribution in [0.5, 0.6) is 11.5 Å². The van der Waals surface area contributed by atoms with Gasteiger partial charge in [0.1, 0.15) is 24.1 Å². The lowest BCUT2D eigenvalue weighted by atomic mass is 10.1. The highest BCUT2D eigenvalue weighted by atomic mass is 32.2. The van der Waals surface area contributed by atoms with E-state index >= 15 is 0 Å². The molecule has 3 aromatic rings. The van der Waals surface area contributed by atoms with Gasteiger partial charge in [0, 0.05) is 24.2 Å². The summed E-state index contributed by atoms with van der Waals surface area (Å²) in [5.74, 6) is -0.0577. The molecule has 0 fully saturated rings. The Morgan fingerprint density at radius 1 is 0.977 bits per heavy atom. The molecular weight excluding hydrogens is 588 g/mol. The van der Waals surface area contributed by atoms with Crippen LogP contribution in [0, 0.1) is 17.0 Å². The molecule has 0 aliphatic rings. The van der Waals surface area contributed by atoms with Gasteiger partial charge in [0.25, 0.3) is 15.7 Å². The van der Waals surface area contributed by atoms with Crippen LogP contribution in [-0.2, 0) is 26.2 Å². The molecule has 44 heavy (non-hydrogen) atoms. The molecule has 2 atom stereocenters. The number of benzene rings is 3. The molecule has 0 aliphatic carbocycles. The summed E-state index contributed by atoms with van der Waals surface area (Å²) in [6.45, 7) is 6.13. The highest BCUT2D eigenvalue weighted by molar-refractivity contribution is 7.92. The molecule has 13 heteroatoms. The van der Waals surface area contributed by atoms with Gasteiger partial charge in [-0.3, -0.25) is 24.0 Å². The topological polar surface area (TPSA) is 148 Å². The van der Waals surface area contributed by atoms with Crippen LogP contribution in [0.15, 0.2) is 71.6 Å². The Kier molecular flexibility index (Phi) is 11.3. The third-order valence-corrected chi connectivity index (χ3v) is 9.03. The first-order chi connectivity index (χ1) is 20.8. The Hall–Kier alpha value is -4.65. The van der Waals surface area contributed by atoms with Gasteiger partial charge in [-0.15, -0.1) is 0 Å². The van der Waals surface area contributed by atoms with Crippen molar-refractivity contribution in [3.8, 4) is 11.5 Å². The molecule has 0 saturated carbocycles. The molecule has 0 aliphatic heterocycles. The van der Waals surface area contributed by atoms with E-state index in [1.165, 1.54) is 62.4 Å². The van der Waals surface area contributed by atoms with Crippen LogP contribution < -0.4 is 19.1 Å².